The Balaban J connectivity index is 2.50. The number of carboxylic acids is 1. The van der Waals surface area contributed by atoms with Crippen molar-refractivity contribution >= 4 is 12.0 Å². The Kier molecular flexibility index (Phi) is 7.45. The molecule has 0 aromatic carbocycles. The van der Waals surface area contributed by atoms with Crippen LogP contribution in [0.5, 0.6) is 0 Å². The van der Waals surface area contributed by atoms with Gasteiger partial charge in [0.25, 0.3) is 0 Å². The minimum absolute atomic E-state index is 0.00118. The van der Waals surface area contributed by atoms with Crippen LogP contribution in [0.2, 0.25) is 0 Å². The third-order valence-electron chi connectivity index (χ3n) is 3.92. The summed E-state index contributed by atoms with van der Waals surface area (Å²) in [6.45, 7) is 3.69. The van der Waals surface area contributed by atoms with Gasteiger partial charge in [-0.25, -0.2) is 9.59 Å². The minimum atomic E-state index is -1.02. The molecule has 3 unspecified atom stereocenters. The highest BCUT2D eigenvalue weighted by Crippen LogP contribution is 2.19. The number of ether oxygens (including phenoxy) is 2. The van der Waals surface area contributed by atoms with Gasteiger partial charge in [-0.2, -0.15) is 0 Å². The number of methoxy groups -OCH3 is 2. The van der Waals surface area contributed by atoms with Gasteiger partial charge >= 0.3 is 12.0 Å². The lowest BCUT2D eigenvalue weighted by atomic mass is 9.96. The predicted octanol–water partition coefficient (Wildman–Crippen LogP) is 0.933. The fourth-order valence-corrected chi connectivity index (χ4v) is 2.45. The lowest BCUT2D eigenvalue weighted by molar-refractivity contribution is -0.139. The fourth-order valence-electron chi connectivity index (χ4n) is 2.45. The third kappa shape index (κ3) is 5.51. The van der Waals surface area contributed by atoms with E-state index in [0.29, 0.717) is 38.5 Å². The molecule has 2 amide bonds. The van der Waals surface area contributed by atoms with Crippen LogP contribution in [0, 0.1) is 5.92 Å². The summed E-state index contributed by atoms with van der Waals surface area (Å²) < 4.78 is 10.3. The van der Waals surface area contributed by atoms with Crippen LogP contribution in [0.25, 0.3) is 0 Å². The molecule has 7 nitrogen and oxygen atoms in total. The van der Waals surface area contributed by atoms with Crippen LogP contribution in [0.4, 0.5) is 4.79 Å². The highest BCUT2D eigenvalue weighted by molar-refractivity contribution is 5.82. The number of carbonyl (C=O) groups is 2. The smallest absolute Gasteiger partial charge is 0.326 e. The number of nitrogens with one attached hydrogen (secondary N) is 1. The van der Waals surface area contributed by atoms with Gasteiger partial charge in [0.15, 0.2) is 0 Å². The summed E-state index contributed by atoms with van der Waals surface area (Å²) in [5, 5.41) is 11.7. The number of aliphatic carboxylic acids is 1. The van der Waals surface area contributed by atoms with Gasteiger partial charge in [0.2, 0.25) is 0 Å². The highest BCUT2D eigenvalue weighted by Gasteiger charge is 2.30. The van der Waals surface area contributed by atoms with Gasteiger partial charge in [-0.3, -0.25) is 0 Å². The molecule has 0 aromatic rings. The van der Waals surface area contributed by atoms with E-state index in [1.54, 1.807) is 19.1 Å². The number of nitrogens with zero attached hydrogens (tertiary/aromatic N) is 1. The molecule has 7 heteroatoms. The zero-order valence-corrected chi connectivity index (χ0v) is 13.0. The first kappa shape index (κ1) is 17.7. The van der Waals surface area contributed by atoms with Crippen molar-refractivity contribution in [1.29, 1.82) is 0 Å². The minimum Gasteiger partial charge on any atom is -0.480 e. The number of likely N-dealkylation sites (tertiary alicyclic amines) is 1. The van der Waals surface area contributed by atoms with Gasteiger partial charge in [-0.1, -0.05) is 6.92 Å². The molecule has 1 saturated heterocycles. The normalized spacial score (nSPS) is 23.7. The van der Waals surface area contributed by atoms with Gasteiger partial charge in [-0.05, 0) is 25.2 Å². The Bertz CT molecular complexity index is 350. The summed E-state index contributed by atoms with van der Waals surface area (Å²) in [5.41, 5.74) is 0. The number of urea groups is 1. The zero-order chi connectivity index (χ0) is 15.8. The molecule has 122 valence electrons. The van der Waals surface area contributed by atoms with Gasteiger partial charge in [0.05, 0.1) is 6.10 Å². The number of hydrogen-bond donors (Lipinski definition) is 2. The van der Waals surface area contributed by atoms with E-state index < -0.39 is 12.0 Å². The van der Waals surface area contributed by atoms with Crippen LogP contribution in [-0.4, -0.2) is 68.1 Å². The van der Waals surface area contributed by atoms with E-state index in [2.05, 4.69) is 12.2 Å². The SMILES string of the molecule is COCCCC(NC(=O)N1CCC(C)C(OC)C1)C(=O)O. The van der Waals surface area contributed by atoms with Gasteiger partial charge in [0, 0.05) is 33.9 Å². The molecule has 0 aliphatic carbocycles. The topological polar surface area (TPSA) is 88.1 Å². The van der Waals surface area contributed by atoms with E-state index in [9.17, 15) is 9.59 Å². The van der Waals surface area contributed by atoms with Crippen molar-refractivity contribution in [2.24, 2.45) is 5.92 Å². The standard InChI is InChI=1S/C14H26N2O5/c1-10-6-7-16(9-12(10)21-3)14(19)15-11(13(17)18)5-4-8-20-2/h10-12H,4-9H2,1-3H3,(H,15,19)(H,17,18). The molecule has 2 N–H and O–H groups in total. The Morgan fingerprint density at radius 3 is 2.71 bits per heavy atom. The van der Waals surface area contributed by atoms with Crippen molar-refractivity contribution in [3.05, 3.63) is 0 Å². The van der Waals surface area contributed by atoms with Crippen molar-refractivity contribution in [3.8, 4) is 0 Å². The summed E-state index contributed by atoms with van der Waals surface area (Å²) in [5.74, 6) is -0.621. The molecule has 0 radical (unpaired) electrons. The van der Waals surface area contributed by atoms with Crippen molar-refractivity contribution in [1.82, 2.24) is 10.2 Å². The quantitative estimate of drug-likeness (QED) is 0.683. The van der Waals surface area contributed by atoms with Crippen LogP contribution in [0.1, 0.15) is 26.2 Å². The largest absolute Gasteiger partial charge is 0.480 e. The fraction of sp³-hybridized carbons (Fsp3) is 0.857. The van der Waals surface area contributed by atoms with Crippen LogP contribution in [-0.2, 0) is 14.3 Å². The van der Waals surface area contributed by atoms with Crippen LogP contribution in [0.15, 0.2) is 0 Å². The summed E-state index contributed by atoms with van der Waals surface area (Å²) in [4.78, 5) is 25.0. The molecule has 0 aromatic heterocycles. The van der Waals surface area contributed by atoms with E-state index >= 15 is 0 Å². The maximum Gasteiger partial charge on any atom is 0.326 e. The van der Waals surface area contributed by atoms with E-state index in [0.717, 1.165) is 6.42 Å². The molecule has 3 atom stereocenters. The van der Waals surface area contributed by atoms with E-state index in [-0.39, 0.29) is 12.1 Å². The Morgan fingerprint density at radius 2 is 2.14 bits per heavy atom. The van der Waals surface area contributed by atoms with Crippen molar-refractivity contribution in [2.75, 3.05) is 33.9 Å². The number of carboxylic acid groups (broad SMARTS) is 1. The number of piperidine rings is 1. The Morgan fingerprint density at radius 1 is 1.43 bits per heavy atom. The maximum atomic E-state index is 12.2. The maximum absolute atomic E-state index is 12.2. The van der Waals surface area contributed by atoms with Gasteiger partial charge in [0.1, 0.15) is 6.04 Å². The van der Waals surface area contributed by atoms with Crippen LogP contribution < -0.4 is 5.32 Å². The summed E-state index contributed by atoms with van der Waals surface area (Å²) in [7, 11) is 3.20. The van der Waals surface area contributed by atoms with Crippen molar-refractivity contribution in [2.45, 2.75) is 38.3 Å². The number of hydrogen-bond acceptors (Lipinski definition) is 4. The zero-order valence-electron chi connectivity index (χ0n) is 13.0. The van der Waals surface area contributed by atoms with Crippen LogP contribution >= 0.6 is 0 Å². The summed E-state index contributed by atoms with van der Waals surface area (Å²) in [6, 6.07) is -1.22. The van der Waals surface area contributed by atoms with E-state index in [1.807, 2.05) is 0 Å². The molecular weight excluding hydrogens is 276 g/mol. The summed E-state index contributed by atoms with van der Waals surface area (Å²) >= 11 is 0. The molecule has 1 aliphatic heterocycles. The second kappa shape index (κ2) is 8.84. The number of amides is 2. The molecular formula is C14H26N2O5. The first-order valence-electron chi connectivity index (χ1n) is 7.29. The lowest BCUT2D eigenvalue weighted by Gasteiger charge is -2.36. The van der Waals surface area contributed by atoms with Gasteiger partial charge in [-0.15, -0.1) is 0 Å². The molecule has 0 spiro atoms. The molecule has 1 rings (SSSR count). The number of rotatable bonds is 7. The second-order valence-corrected chi connectivity index (χ2v) is 5.46. The second-order valence-electron chi connectivity index (χ2n) is 5.46. The average Bonchev–Trinajstić information content (AvgIpc) is 2.46. The van der Waals surface area contributed by atoms with Crippen LogP contribution in [0.3, 0.4) is 0 Å². The van der Waals surface area contributed by atoms with Crippen molar-refractivity contribution in [3.63, 3.8) is 0 Å². The molecule has 0 bridgehead atoms. The molecule has 1 aliphatic rings. The number of carbonyl (C=O) groups excluding carboxylic acids is 1. The van der Waals surface area contributed by atoms with Gasteiger partial charge < -0.3 is 24.8 Å². The highest BCUT2D eigenvalue weighted by atomic mass is 16.5. The first-order chi connectivity index (χ1) is 9.99. The van der Waals surface area contributed by atoms with Crippen molar-refractivity contribution < 1.29 is 24.2 Å². The third-order valence-corrected chi connectivity index (χ3v) is 3.92. The lowest BCUT2D eigenvalue weighted by Crippen LogP contribution is -2.53. The first-order valence-corrected chi connectivity index (χ1v) is 7.29. The Labute approximate surface area is 125 Å². The molecule has 0 saturated carbocycles. The van der Waals surface area contributed by atoms with E-state index in [4.69, 9.17) is 14.6 Å². The van der Waals surface area contributed by atoms with E-state index in [1.165, 1.54) is 0 Å². The Hall–Kier alpha value is -1.34. The predicted molar refractivity (Wildman–Crippen MR) is 77.2 cm³/mol. The average molecular weight is 302 g/mol. The molecule has 1 fully saturated rings. The summed E-state index contributed by atoms with van der Waals surface area (Å²) in [6.07, 6.45) is 1.80. The monoisotopic (exact) mass is 302 g/mol. The molecule has 21 heavy (non-hydrogen) atoms. The molecule has 1 heterocycles.